The van der Waals surface area contributed by atoms with Crippen molar-refractivity contribution in [3.8, 4) is 5.75 Å². The molecule has 0 aromatic heterocycles. The van der Waals surface area contributed by atoms with Crippen LogP contribution in [0.25, 0.3) is 0 Å². The molecule has 0 radical (unpaired) electrons. The Hall–Kier alpha value is -3.71. The van der Waals surface area contributed by atoms with Gasteiger partial charge >= 0.3 is 0 Å². The molecule has 3 aromatic rings. The summed E-state index contributed by atoms with van der Waals surface area (Å²) in [6, 6.07) is 21.5. The van der Waals surface area contributed by atoms with Crippen molar-refractivity contribution in [2.45, 2.75) is 12.1 Å². The summed E-state index contributed by atoms with van der Waals surface area (Å²) in [7, 11) is 1.58. The highest BCUT2D eigenvalue weighted by molar-refractivity contribution is 6.23. The van der Waals surface area contributed by atoms with Gasteiger partial charge in [-0.3, -0.25) is 14.4 Å². The number of carbonyl (C=O) groups excluding carboxylic acids is 2. The van der Waals surface area contributed by atoms with Gasteiger partial charge in [0.05, 0.1) is 24.5 Å². The normalized spacial score (nSPS) is 22.7. The second-order valence-corrected chi connectivity index (χ2v) is 7.42. The SMILES string of the molecule is COc1ccc([C@@H]2[C@H]3C(=O)N(c4ccc(F)cc4)C(=O)[C@H]3ON2c2ccccc2)cc1. The first kappa shape index (κ1) is 19.3. The summed E-state index contributed by atoms with van der Waals surface area (Å²) < 4.78 is 18.6. The molecule has 156 valence electrons. The van der Waals surface area contributed by atoms with Gasteiger partial charge in [0.2, 0.25) is 5.91 Å². The Balaban J connectivity index is 1.57. The van der Waals surface area contributed by atoms with Crippen LogP contribution in [-0.2, 0) is 14.4 Å². The molecule has 3 atom stereocenters. The van der Waals surface area contributed by atoms with Gasteiger partial charge in [0, 0.05) is 0 Å². The summed E-state index contributed by atoms with van der Waals surface area (Å²) in [6.07, 6.45) is -0.968. The number of imide groups is 1. The third-order valence-corrected chi connectivity index (χ3v) is 5.67. The predicted molar refractivity (Wildman–Crippen MR) is 112 cm³/mol. The predicted octanol–water partition coefficient (Wildman–Crippen LogP) is 3.89. The van der Waals surface area contributed by atoms with Crippen molar-refractivity contribution in [1.82, 2.24) is 0 Å². The highest BCUT2D eigenvalue weighted by Gasteiger charge is 2.60. The highest BCUT2D eigenvalue weighted by atomic mass is 19.1. The van der Waals surface area contributed by atoms with E-state index in [9.17, 15) is 14.0 Å². The molecule has 0 spiro atoms. The van der Waals surface area contributed by atoms with Crippen molar-refractivity contribution in [3.05, 3.63) is 90.2 Å². The number of anilines is 2. The van der Waals surface area contributed by atoms with E-state index >= 15 is 0 Å². The molecule has 0 aliphatic carbocycles. The van der Waals surface area contributed by atoms with Gasteiger partial charge < -0.3 is 4.74 Å². The van der Waals surface area contributed by atoms with E-state index in [2.05, 4.69) is 0 Å². The zero-order valence-corrected chi connectivity index (χ0v) is 16.6. The fourth-order valence-corrected chi connectivity index (χ4v) is 4.20. The minimum absolute atomic E-state index is 0.328. The third kappa shape index (κ3) is 3.14. The lowest BCUT2D eigenvalue weighted by molar-refractivity contribution is -0.126. The third-order valence-electron chi connectivity index (χ3n) is 5.67. The average molecular weight is 418 g/mol. The van der Waals surface area contributed by atoms with Gasteiger partial charge in [0.15, 0.2) is 6.10 Å². The fourth-order valence-electron chi connectivity index (χ4n) is 4.20. The first-order chi connectivity index (χ1) is 15.1. The van der Waals surface area contributed by atoms with E-state index in [0.29, 0.717) is 11.4 Å². The Kier molecular flexibility index (Phi) is 4.67. The number of nitrogens with zero attached hydrogens (tertiary/aromatic N) is 2. The summed E-state index contributed by atoms with van der Waals surface area (Å²) >= 11 is 0. The summed E-state index contributed by atoms with van der Waals surface area (Å²) in [6.45, 7) is 0. The number of rotatable bonds is 4. The summed E-state index contributed by atoms with van der Waals surface area (Å²) in [5.74, 6) is -1.33. The van der Waals surface area contributed by atoms with Crippen LogP contribution in [0, 0.1) is 11.7 Å². The summed E-state index contributed by atoms with van der Waals surface area (Å²) in [4.78, 5) is 33.8. The van der Waals surface area contributed by atoms with E-state index in [4.69, 9.17) is 9.57 Å². The molecule has 2 aliphatic rings. The minimum atomic E-state index is -0.968. The number of ether oxygens (including phenoxy) is 1. The topological polar surface area (TPSA) is 59.1 Å². The molecule has 6 nitrogen and oxygen atoms in total. The van der Waals surface area contributed by atoms with Gasteiger partial charge in [-0.05, 0) is 54.1 Å². The number of methoxy groups -OCH3 is 1. The maximum atomic E-state index is 13.4. The molecular formula is C24H19FN2O4. The molecule has 5 rings (SSSR count). The molecular weight excluding hydrogens is 399 g/mol. The van der Waals surface area contributed by atoms with Crippen LogP contribution < -0.4 is 14.7 Å². The quantitative estimate of drug-likeness (QED) is 0.602. The fraction of sp³-hybridized carbons (Fsp3) is 0.167. The highest BCUT2D eigenvalue weighted by Crippen LogP contribution is 2.47. The molecule has 0 unspecified atom stereocenters. The number of amides is 2. The summed E-state index contributed by atoms with van der Waals surface area (Å²) in [5, 5.41) is 1.63. The second kappa shape index (κ2) is 7.52. The molecule has 31 heavy (non-hydrogen) atoms. The molecule has 2 saturated heterocycles. The van der Waals surface area contributed by atoms with Gasteiger partial charge in [0.1, 0.15) is 17.5 Å². The van der Waals surface area contributed by atoms with Gasteiger partial charge in [-0.2, -0.15) is 0 Å². The number of hydrogen-bond donors (Lipinski definition) is 0. The van der Waals surface area contributed by atoms with Crippen molar-refractivity contribution in [2.75, 3.05) is 17.1 Å². The van der Waals surface area contributed by atoms with Crippen molar-refractivity contribution in [2.24, 2.45) is 5.92 Å². The van der Waals surface area contributed by atoms with Gasteiger partial charge in [-0.25, -0.2) is 14.4 Å². The lowest BCUT2D eigenvalue weighted by Crippen LogP contribution is -2.37. The van der Waals surface area contributed by atoms with Crippen molar-refractivity contribution >= 4 is 23.2 Å². The molecule has 2 heterocycles. The van der Waals surface area contributed by atoms with E-state index in [1.165, 1.54) is 24.3 Å². The molecule has 2 fully saturated rings. The van der Waals surface area contributed by atoms with E-state index in [0.717, 1.165) is 16.2 Å². The van der Waals surface area contributed by atoms with Crippen LogP contribution in [0.15, 0.2) is 78.9 Å². The Morgan fingerprint density at radius 3 is 2.16 bits per heavy atom. The number of hydroxylamine groups is 1. The lowest BCUT2D eigenvalue weighted by Gasteiger charge is -2.28. The molecule has 3 aromatic carbocycles. The van der Waals surface area contributed by atoms with E-state index in [-0.39, 0.29) is 5.91 Å². The minimum Gasteiger partial charge on any atom is -0.497 e. The molecule has 2 amide bonds. The van der Waals surface area contributed by atoms with Crippen LogP contribution in [0.1, 0.15) is 11.6 Å². The van der Waals surface area contributed by atoms with E-state index in [1.54, 1.807) is 12.2 Å². The lowest BCUT2D eigenvalue weighted by atomic mass is 9.90. The monoisotopic (exact) mass is 418 g/mol. The molecule has 7 heteroatoms. The number of halogens is 1. The van der Waals surface area contributed by atoms with Crippen LogP contribution in [0.5, 0.6) is 5.75 Å². The van der Waals surface area contributed by atoms with E-state index in [1.807, 2.05) is 54.6 Å². The first-order valence-electron chi connectivity index (χ1n) is 9.87. The largest absolute Gasteiger partial charge is 0.497 e. The number of para-hydroxylation sites is 1. The van der Waals surface area contributed by atoms with Crippen molar-refractivity contribution < 1.29 is 23.6 Å². The Labute approximate surface area is 178 Å². The number of carbonyl (C=O) groups is 2. The Morgan fingerprint density at radius 1 is 0.839 bits per heavy atom. The van der Waals surface area contributed by atoms with Crippen LogP contribution >= 0.6 is 0 Å². The van der Waals surface area contributed by atoms with Crippen LogP contribution in [-0.4, -0.2) is 25.0 Å². The van der Waals surface area contributed by atoms with E-state index < -0.39 is 29.8 Å². The van der Waals surface area contributed by atoms with Crippen LogP contribution in [0.2, 0.25) is 0 Å². The van der Waals surface area contributed by atoms with Gasteiger partial charge in [-0.1, -0.05) is 30.3 Å². The number of fused-ring (bicyclic) bond motifs is 1. The molecule has 2 aliphatic heterocycles. The van der Waals surface area contributed by atoms with Gasteiger partial charge in [0.25, 0.3) is 5.91 Å². The molecule has 0 N–H and O–H groups in total. The Morgan fingerprint density at radius 2 is 1.52 bits per heavy atom. The average Bonchev–Trinajstić information content (AvgIpc) is 3.31. The maximum Gasteiger partial charge on any atom is 0.266 e. The Bertz CT molecular complexity index is 1120. The molecule has 0 saturated carbocycles. The van der Waals surface area contributed by atoms with Crippen molar-refractivity contribution in [3.63, 3.8) is 0 Å². The maximum absolute atomic E-state index is 13.4. The zero-order valence-electron chi connectivity index (χ0n) is 16.6. The number of hydrogen-bond acceptors (Lipinski definition) is 5. The van der Waals surface area contributed by atoms with Crippen LogP contribution in [0.4, 0.5) is 15.8 Å². The van der Waals surface area contributed by atoms with Gasteiger partial charge in [-0.15, -0.1) is 0 Å². The first-order valence-corrected chi connectivity index (χ1v) is 9.87. The summed E-state index contributed by atoms with van der Waals surface area (Å²) in [5.41, 5.74) is 1.89. The standard InChI is InChI=1S/C24H19FN2O4/c1-30-19-13-7-15(8-14-19)21-20-22(31-27(21)18-5-3-2-4-6-18)24(29)26(23(20)28)17-11-9-16(25)10-12-17/h2-14,20-22H,1H3/t20-,21-,22+/m1/s1. The second-order valence-electron chi connectivity index (χ2n) is 7.42. The molecule has 0 bridgehead atoms. The van der Waals surface area contributed by atoms with Crippen molar-refractivity contribution in [1.29, 1.82) is 0 Å². The zero-order chi connectivity index (χ0) is 21.5. The smallest absolute Gasteiger partial charge is 0.266 e. The van der Waals surface area contributed by atoms with Crippen LogP contribution in [0.3, 0.4) is 0 Å². The number of benzene rings is 3.